The number of nitrogens with two attached hydrogens (primary N) is 1. The number of rotatable bonds is 2. The Morgan fingerprint density at radius 3 is 2.00 bits per heavy atom. The summed E-state index contributed by atoms with van der Waals surface area (Å²) in [7, 11) is 1.50. The van der Waals surface area contributed by atoms with E-state index in [1.165, 1.54) is 7.05 Å². The molecule has 50 valence electrons. The van der Waals surface area contributed by atoms with Crippen LogP contribution in [0.2, 0.25) is 0 Å². The van der Waals surface area contributed by atoms with Crippen LogP contribution in [0.15, 0.2) is 0 Å². The molecule has 0 aliphatic heterocycles. The maximum absolute atomic E-state index is 9.81. The van der Waals surface area contributed by atoms with Crippen LogP contribution in [0.4, 0.5) is 0 Å². The molecule has 2 N–H and O–H groups in total. The zero-order chi connectivity index (χ0) is 6.99. The minimum Gasteiger partial charge on any atom is -0.333 e. The van der Waals surface area contributed by atoms with Gasteiger partial charge in [-0.05, 0) is 25.1 Å². The van der Waals surface area contributed by atoms with Crippen LogP contribution in [-0.2, 0) is 4.79 Å². The summed E-state index contributed by atoms with van der Waals surface area (Å²) in [5.74, 6) is 0. The third kappa shape index (κ3) is 16.8. The van der Waals surface area contributed by atoms with Crippen molar-refractivity contribution in [2.45, 2.75) is 19.8 Å². The minimum absolute atomic E-state index is 0.238. The Labute approximate surface area is 55.0 Å². The maximum atomic E-state index is 9.81. The molecule has 2 nitrogen and oxygen atoms in total. The topological polar surface area (TPSA) is 43.1 Å². The van der Waals surface area contributed by atoms with Gasteiger partial charge in [0, 0.05) is 6.42 Å². The lowest BCUT2D eigenvalue weighted by Crippen LogP contribution is -1.79. The van der Waals surface area contributed by atoms with Crippen LogP contribution < -0.4 is 5.73 Å². The molecule has 8 heavy (non-hydrogen) atoms. The molecule has 0 spiro atoms. The van der Waals surface area contributed by atoms with Crippen LogP contribution in [0, 0.1) is 0 Å². The predicted molar refractivity (Wildman–Crippen MR) is 35.9 cm³/mol. The Morgan fingerprint density at radius 1 is 1.62 bits per heavy atom. The van der Waals surface area contributed by atoms with Crippen molar-refractivity contribution in [2.24, 2.45) is 5.73 Å². The highest BCUT2D eigenvalue weighted by atomic mass is 35.5. The molecule has 0 radical (unpaired) electrons. The zero-order valence-corrected chi connectivity index (χ0v) is 6.03. The van der Waals surface area contributed by atoms with E-state index in [-0.39, 0.29) is 5.24 Å². The third-order valence-corrected chi connectivity index (χ3v) is 0.636. The summed E-state index contributed by atoms with van der Waals surface area (Å²) in [5, 5.41) is -0.238. The molecule has 0 aromatic heterocycles. The van der Waals surface area contributed by atoms with Gasteiger partial charge in [0.25, 0.3) is 0 Å². The van der Waals surface area contributed by atoms with Crippen molar-refractivity contribution < 1.29 is 4.79 Å². The van der Waals surface area contributed by atoms with Crippen LogP contribution in [0.1, 0.15) is 19.8 Å². The van der Waals surface area contributed by atoms with E-state index in [1.54, 1.807) is 0 Å². The van der Waals surface area contributed by atoms with E-state index in [1.807, 2.05) is 6.92 Å². The van der Waals surface area contributed by atoms with Gasteiger partial charge >= 0.3 is 0 Å². The number of halogens is 1. The van der Waals surface area contributed by atoms with Crippen LogP contribution in [0.25, 0.3) is 0 Å². The van der Waals surface area contributed by atoms with Gasteiger partial charge in [-0.2, -0.15) is 0 Å². The van der Waals surface area contributed by atoms with Crippen LogP contribution >= 0.6 is 11.6 Å². The average Bonchev–Trinajstić information content (AvgIpc) is 1.72. The smallest absolute Gasteiger partial charge is 0.221 e. The van der Waals surface area contributed by atoms with E-state index in [4.69, 9.17) is 11.6 Å². The van der Waals surface area contributed by atoms with Crippen molar-refractivity contribution in [3.05, 3.63) is 0 Å². The molecule has 0 aromatic rings. The molecule has 0 heterocycles. The van der Waals surface area contributed by atoms with Gasteiger partial charge in [0.05, 0.1) is 0 Å². The average molecular weight is 138 g/mol. The number of carbonyl (C=O) groups excluding carboxylic acids is 1. The van der Waals surface area contributed by atoms with E-state index in [0.29, 0.717) is 6.42 Å². The van der Waals surface area contributed by atoms with Gasteiger partial charge in [0.15, 0.2) is 0 Å². The largest absolute Gasteiger partial charge is 0.333 e. The summed E-state index contributed by atoms with van der Waals surface area (Å²) in [4.78, 5) is 9.81. The number of carbonyl (C=O) groups is 1. The summed E-state index contributed by atoms with van der Waals surface area (Å²) < 4.78 is 0. The van der Waals surface area contributed by atoms with E-state index in [9.17, 15) is 4.79 Å². The molecule has 0 saturated carbocycles. The first-order valence-electron chi connectivity index (χ1n) is 2.53. The normalized spacial score (nSPS) is 7.00. The summed E-state index contributed by atoms with van der Waals surface area (Å²) in [6, 6.07) is 0. The minimum atomic E-state index is -0.238. The van der Waals surface area contributed by atoms with Crippen molar-refractivity contribution in [1.82, 2.24) is 0 Å². The summed E-state index contributed by atoms with van der Waals surface area (Å²) >= 11 is 4.94. The van der Waals surface area contributed by atoms with Gasteiger partial charge in [-0.1, -0.05) is 6.92 Å². The highest BCUT2D eigenvalue weighted by molar-refractivity contribution is 6.63. The fraction of sp³-hybridized carbons (Fsp3) is 0.800. The Bertz CT molecular complexity index is 56.4. The second-order valence-corrected chi connectivity index (χ2v) is 1.53. The van der Waals surface area contributed by atoms with Crippen molar-refractivity contribution in [3.63, 3.8) is 0 Å². The van der Waals surface area contributed by atoms with Crippen LogP contribution in [0.5, 0.6) is 0 Å². The molecule has 0 rings (SSSR count). The van der Waals surface area contributed by atoms with Crippen LogP contribution in [-0.4, -0.2) is 12.3 Å². The Kier molecular flexibility index (Phi) is 13.6. The molecule has 0 fully saturated rings. The Hall–Kier alpha value is -0.0800. The van der Waals surface area contributed by atoms with Crippen molar-refractivity contribution >= 4 is 16.8 Å². The van der Waals surface area contributed by atoms with Gasteiger partial charge in [0.2, 0.25) is 5.24 Å². The monoisotopic (exact) mass is 137 g/mol. The molecular weight excluding hydrogens is 126 g/mol. The first kappa shape index (κ1) is 10.8. The molecule has 0 aliphatic rings. The van der Waals surface area contributed by atoms with Gasteiger partial charge in [-0.15, -0.1) is 0 Å². The molecule has 0 bridgehead atoms. The van der Waals surface area contributed by atoms with Crippen molar-refractivity contribution in [3.8, 4) is 0 Å². The van der Waals surface area contributed by atoms with Gasteiger partial charge in [-0.25, -0.2) is 0 Å². The summed E-state index contributed by atoms with van der Waals surface area (Å²) in [5.41, 5.74) is 4.50. The second kappa shape index (κ2) is 10.0. The van der Waals surface area contributed by atoms with Crippen LogP contribution in [0.3, 0.4) is 0 Å². The number of hydrogen-bond donors (Lipinski definition) is 1. The zero-order valence-electron chi connectivity index (χ0n) is 5.28. The van der Waals surface area contributed by atoms with E-state index < -0.39 is 0 Å². The van der Waals surface area contributed by atoms with E-state index in [2.05, 4.69) is 5.73 Å². The lowest BCUT2D eigenvalue weighted by Gasteiger charge is -1.77. The SMILES string of the molecule is CCCC(=O)Cl.CN. The summed E-state index contributed by atoms with van der Waals surface area (Å²) in [6.07, 6.45) is 1.35. The Morgan fingerprint density at radius 2 is 2.00 bits per heavy atom. The van der Waals surface area contributed by atoms with Gasteiger partial charge < -0.3 is 5.73 Å². The lowest BCUT2D eigenvalue weighted by atomic mass is 10.4. The fourth-order valence-corrected chi connectivity index (χ4v) is 0.386. The molecule has 0 amide bonds. The second-order valence-electron chi connectivity index (χ2n) is 1.11. The molecular formula is C5H12ClNO. The van der Waals surface area contributed by atoms with Gasteiger partial charge in [-0.3, -0.25) is 4.79 Å². The quantitative estimate of drug-likeness (QED) is 0.580. The molecule has 0 atom stereocenters. The Balaban J connectivity index is 0. The molecule has 0 aliphatic carbocycles. The van der Waals surface area contributed by atoms with Crippen molar-refractivity contribution in [2.75, 3.05) is 7.05 Å². The predicted octanol–water partition coefficient (Wildman–Crippen LogP) is 1.13. The first-order chi connectivity index (χ1) is 3.77. The fourth-order valence-electron chi connectivity index (χ4n) is 0.197. The number of hydrogen-bond acceptors (Lipinski definition) is 2. The summed E-state index contributed by atoms with van der Waals surface area (Å²) in [6.45, 7) is 1.92. The molecule has 0 saturated heterocycles. The maximum Gasteiger partial charge on any atom is 0.221 e. The molecule has 0 aromatic carbocycles. The molecule has 3 heteroatoms. The first-order valence-corrected chi connectivity index (χ1v) is 2.91. The standard InChI is InChI=1S/C4H7ClO.CH5N/c1-2-3-4(5)6;1-2/h2-3H2,1H3;2H2,1H3. The lowest BCUT2D eigenvalue weighted by molar-refractivity contribution is -0.111. The van der Waals surface area contributed by atoms with Crippen molar-refractivity contribution in [1.29, 1.82) is 0 Å². The highest BCUT2D eigenvalue weighted by Crippen LogP contribution is 1.90. The van der Waals surface area contributed by atoms with Gasteiger partial charge in [0.1, 0.15) is 0 Å². The van der Waals surface area contributed by atoms with E-state index in [0.717, 1.165) is 6.42 Å². The third-order valence-electron chi connectivity index (χ3n) is 0.447. The highest BCUT2D eigenvalue weighted by Gasteiger charge is 1.87. The van der Waals surface area contributed by atoms with E-state index >= 15 is 0 Å². The molecule has 0 unspecified atom stereocenters.